The quantitative estimate of drug-likeness (QED) is 0.622. The molecule has 0 spiro atoms. The van der Waals surface area contributed by atoms with Crippen LogP contribution >= 0.6 is 11.6 Å². The van der Waals surface area contributed by atoms with E-state index < -0.39 is 6.04 Å². The Bertz CT molecular complexity index is 573. The van der Waals surface area contributed by atoms with Crippen molar-refractivity contribution >= 4 is 29.3 Å². The second-order valence-corrected chi connectivity index (χ2v) is 6.37. The molecule has 0 heterocycles. The molecule has 0 aromatic heterocycles. The van der Waals surface area contributed by atoms with Gasteiger partial charge in [0.05, 0.1) is 0 Å². The number of halogens is 1. The first-order chi connectivity index (χ1) is 11.3. The van der Waals surface area contributed by atoms with Crippen molar-refractivity contribution in [3.05, 3.63) is 34.9 Å². The third kappa shape index (κ3) is 7.46. The van der Waals surface area contributed by atoms with Gasteiger partial charge >= 0.3 is 0 Å². The average molecular weight is 354 g/mol. The fraction of sp³-hybridized carbons (Fsp3) is 0.471. The monoisotopic (exact) mass is 353 g/mol. The number of carbonyl (C=O) groups excluding carboxylic acids is 3. The topological polar surface area (TPSA) is 87.3 Å². The van der Waals surface area contributed by atoms with Gasteiger partial charge in [0, 0.05) is 30.6 Å². The van der Waals surface area contributed by atoms with Crippen LogP contribution in [0.25, 0.3) is 0 Å². The summed E-state index contributed by atoms with van der Waals surface area (Å²) in [5.41, 5.74) is 0.444. The van der Waals surface area contributed by atoms with E-state index in [1.54, 1.807) is 24.3 Å². The second-order valence-electron chi connectivity index (χ2n) is 5.94. The Kier molecular flexibility index (Phi) is 8.26. The largest absolute Gasteiger partial charge is 0.355 e. The average Bonchev–Trinajstić information content (AvgIpc) is 2.50. The van der Waals surface area contributed by atoms with Crippen molar-refractivity contribution in [1.82, 2.24) is 16.0 Å². The Balaban J connectivity index is 2.63. The van der Waals surface area contributed by atoms with Crippen molar-refractivity contribution in [1.29, 1.82) is 0 Å². The van der Waals surface area contributed by atoms with Crippen molar-refractivity contribution < 1.29 is 14.4 Å². The lowest BCUT2D eigenvalue weighted by Gasteiger charge is -2.20. The summed E-state index contributed by atoms with van der Waals surface area (Å²) in [5, 5.41) is 8.61. The minimum Gasteiger partial charge on any atom is -0.355 e. The molecule has 0 unspecified atom stereocenters. The Morgan fingerprint density at radius 1 is 1.04 bits per heavy atom. The van der Waals surface area contributed by atoms with Gasteiger partial charge in [0.25, 0.3) is 5.91 Å². The van der Waals surface area contributed by atoms with Crippen molar-refractivity contribution in [2.24, 2.45) is 5.92 Å². The standard InChI is InChI=1S/C17H24ClN3O3/c1-11(2)10-15(17(24)20-9-8-19-12(3)22)21-16(23)13-4-6-14(18)7-5-13/h4-7,11,15H,8-10H2,1-3H3,(H,19,22)(H,20,24)(H,21,23)/t15-/m0/s1. The van der Waals surface area contributed by atoms with Gasteiger partial charge in [-0.25, -0.2) is 0 Å². The number of benzene rings is 1. The highest BCUT2D eigenvalue weighted by atomic mass is 35.5. The Hall–Kier alpha value is -2.08. The van der Waals surface area contributed by atoms with E-state index in [0.717, 1.165) is 0 Å². The van der Waals surface area contributed by atoms with Gasteiger partial charge in [0.1, 0.15) is 6.04 Å². The van der Waals surface area contributed by atoms with Gasteiger partial charge < -0.3 is 16.0 Å². The Labute approximate surface area is 147 Å². The highest BCUT2D eigenvalue weighted by Gasteiger charge is 2.22. The molecule has 3 amide bonds. The van der Waals surface area contributed by atoms with Crippen LogP contribution in [-0.2, 0) is 9.59 Å². The third-order valence-electron chi connectivity index (χ3n) is 3.23. The van der Waals surface area contributed by atoms with E-state index in [2.05, 4.69) is 16.0 Å². The summed E-state index contributed by atoms with van der Waals surface area (Å²) in [7, 11) is 0. The molecule has 1 rings (SSSR count). The van der Waals surface area contributed by atoms with Crippen LogP contribution in [0, 0.1) is 5.92 Å². The maximum Gasteiger partial charge on any atom is 0.251 e. The van der Waals surface area contributed by atoms with Gasteiger partial charge in [-0.2, -0.15) is 0 Å². The van der Waals surface area contributed by atoms with Crippen molar-refractivity contribution in [3.63, 3.8) is 0 Å². The zero-order chi connectivity index (χ0) is 18.1. The van der Waals surface area contributed by atoms with Crippen LogP contribution in [-0.4, -0.2) is 36.9 Å². The summed E-state index contributed by atoms with van der Waals surface area (Å²) in [6, 6.07) is 5.84. The van der Waals surface area contributed by atoms with Crippen molar-refractivity contribution in [2.75, 3.05) is 13.1 Å². The third-order valence-corrected chi connectivity index (χ3v) is 3.49. The molecule has 0 radical (unpaired) electrons. The number of rotatable bonds is 8. The fourth-order valence-corrected chi connectivity index (χ4v) is 2.22. The molecule has 6 nitrogen and oxygen atoms in total. The number of hydrogen-bond donors (Lipinski definition) is 3. The first kappa shape index (κ1) is 20.0. The molecule has 0 aliphatic heterocycles. The summed E-state index contributed by atoms with van der Waals surface area (Å²) in [6.07, 6.45) is 0.519. The Morgan fingerprint density at radius 3 is 2.17 bits per heavy atom. The van der Waals surface area contributed by atoms with E-state index >= 15 is 0 Å². The summed E-state index contributed by atoms with van der Waals surface area (Å²) in [6.45, 7) is 6.03. The van der Waals surface area contributed by atoms with E-state index in [4.69, 9.17) is 11.6 Å². The normalized spacial score (nSPS) is 11.7. The van der Waals surface area contributed by atoms with Crippen LogP contribution in [0.1, 0.15) is 37.6 Å². The smallest absolute Gasteiger partial charge is 0.251 e. The van der Waals surface area contributed by atoms with Gasteiger partial charge in [-0.15, -0.1) is 0 Å². The zero-order valence-corrected chi connectivity index (χ0v) is 14.9. The molecular weight excluding hydrogens is 330 g/mol. The first-order valence-electron chi connectivity index (χ1n) is 7.88. The molecule has 0 bridgehead atoms. The molecule has 7 heteroatoms. The summed E-state index contributed by atoms with van der Waals surface area (Å²) in [5.74, 6) is -0.508. The van der Waals surface area contributed by atoms with Crippen LogP contribution in [0.4, 0.5) is 0 Å². The lowest BCUT2D eigenvalue weighted by atomic mass is 10.0. The van der Waals surface area contributed by atoms with Crippen LogP contribution in [0.5, 0.6) is 0 Å². The van der Waals surface area contributed by atoms with E-state index in [9.17, 15) is 14.4 Å². The first-order valence-corrected chi connectivity index (χ1v) is 8.26. The van der Waals surface area contributed by atoms with Gasteiger partial charge in [0.2, 0.25) is 11.8 Å². The van der Waals surface area contributed by atoms with E-state index in [-0.39, 0.29) is 23.6 Å². The second kappa shape index (κ2) is 9.93. The predicted molar refractivity (Wildman–Crippen MR) is 93.9 cm³/mol. The molecule has 0 fully saturated rings. The SMILES string of the molecule is CC(=O)NCCNC(=O)[C@H](CC(C)C)NC(=O)c1ccc(Cl)cc1. The predicted octanol–water partition coefficient (Wildman–Crippen LogP) is 1.74. The van der Waals surface area contributed by atoms with Gasteiger partial charge in [-0.3, -0.25) is 14.4 Å². The van der Waals surface area contributed by atoms with Crippen LogP contribution in [0.2, 0.25) is 5.02 Å². The van der Waals surface area contributed by atoms with Crippen molar-refractivity contribution in [2.45, 2.75) is 33.2 Å². The minimum atomic E-state index is -0.634. The fourth-order valence-electron chi connectivity index (χ4n) is 2.09. The minimum absolute atomic E-state index is 0.154. The van der Waals surface area contributed by atoms with E-state index in [1.165, 1.54) is 6.92 Å². The molecule has 3 N–H and O–H groups in total. The maximum absolute atomic E-state index is 12.3. The van der Waals surface area contributed by atoms with Gasteiger partial charge in [-0.1, -0.05) is 25.4 Å². The lowest BCUT2D eigenvalue weighted by Crippen LogP contribution is -2.48. The zero-order valence-electron chi connectivity index (χ0n) is 14.2. The summed E-state index contributed by atoms with van der Waals surface area (Å²) in [4.78, 5) is 35.4. The number of carbonyl (C=O) groups is 3. The highest BCUT2D eigenvalue weighted by Crippen LogP contribution is 2.11. The Morgan fingerprint density at radius 2 is 1.62 bits per heavy atom. The molecule has 0 saturated carbocycles. The van der Waals surface area contributed by atoms with Crippen molar-refractivity contribution in [3.8, 4) is 0 Å². The molecule has 24 heavy (non-hydrogen) atoms. The number of hydrogen-bond acceptors (Lipinski definition) is 3. The van der Waals surface area contributed by atoms with E-state index in [0.29, 0.717) is 30.1 Å². The van der Waals surface area contributed by atoms with Crippen LogP contribution < -0.4 is 16.0 Å². The van der Waals surface area contributed by atoms with Crippen LogP contribution in [0.3, 0.4) is 0 Å². The molecule has 0 saturated heterocycles. The molecule has 0 aliphatic rings. The molecule has 1 aromatic rings. The number of nitrogens with one attached hydrogen (secondary N) is 3. The van der Waals surface area contributed by atoms with E-state index in [1.807, 2.05) is 13.8 Å². The summed E-state index contributed by atoms with van der Waals surface area (Å²) < 4.78 is 0. The van der Waals surface area contributed by atoms with Gasteiger partial charge in [-0.05, 0) is 36.6 Å². The van der Waals surface area contributed by atoms with Gasteiger partial charge in [0.15, 0.2) is 0 Å². The van der Waals surface area contributed by atoms with Crippen LogP contribution in [0.15, 0.2) is 24.3 Å². The molecular formula is C17H24ClN3O3. The molecule has 132 valence electrons. The maximum atomic E-state index is 12.3. The number of amides is 3. The lowest BCUT2D eigenvalue weighted by molar-refractivity contribution is -0.123. The molecule has 0 aliphatic carbocycles. The molecule has 1 atom stereocenters. The highest BCUT2D eigenvalue weighted by molar-refractivity contribution is 6.30. The summed E-state index contributed by atoms with van der Waals surface area (Å²) >= 11 is 5.81. The molecule has 1 aromatic carbocycles.